The van der Waals surface area contributed by atoms with Crippen LogP contribution in [-0.2, 0) is 6.54 Å². The Bertz CT molecular complexity index is 572. The van der Waals surface area contributed by atoms with Gasteiger partial charge in [-0.3, -0.25) is 4.79 Å². The first kappa shape index (κ1) is 13.4. The molecule has 0 radical (unpaired) electrons. The third kappa shape index (κ3) is 2.87. The second kappa shape index (κ2) is 5.74. The molecule has 0 aliphatic heterocycles. The van der Waals surface area contributed by atoms with Crippen LogP contribution in [0.2, 0.25) is 0 Å². The number of carbonyl (C=O) groups excluding carboxylic acids is 1. The SMILES string of the molecule is CCN(Cc1ccccc1C)C(=O)c1occc1C. The van der Waals surface area contributed by atoms with Gasteiger partial charge >= 0.3 is 0 Å². The molecule has 0 fully saturated rings. The molecule has 0 spiro atoms. The predicted octanol–water partition coefficient (Wildman–Crippen LogP) is 3.56. The molecule has 3 heteroatoms. The topological polar surface area (TPSA) is 33.5 Å². The van der Waals surface area contributed by atoms with Gasteiger partial charge in [0.2, 0.25) is 0 Å². The monoisotopic (exact) mass is 257 g/mol. The van der Waals surface area contributed by atoms with Crippen molar-refractivity contribution >= 4 is 5.91 Å². The lowest BCUT2D eigenvalue weighted by Crippen LogP contribution is -2.30. The summed E-state index contributed by atoms with van der Waals surface area (Å²) >= 11 is 0. The van der Waals surface area contributed by atoms with Crippen molar-refractivity contribution in [2.24, 2.45) is 0 Å². The Morgan fingerprint density at radius 3 is 2.47 bits per heavy atom. The maximum atomic E-state index is 12.4. The van der Waals surface area contributed by atoms with Crippen LogP contribution in [0.3, 0.4) is 0 Å². The molecule has 0 saturated heterocycles. The third-order valence-corrected chi connectivity index (χ3v) is 3.35. The third-order valence-electron chi connectivity index (χ3n) is 3.35. The smallest absolute Gasteiger partial charge is 0.290 e. The van der Waals surface area contributed by atoms with Crippen LogP contribution in [0.1, 0.15) is 34.2 Å². The maximum Gasteiger partial charge on any atom is 0.290 e. The highest BCUT2D eigenvalue weighted by Gasteiger charge is 2.19. The lowest BCUT2D eigenvalue weighted by atomic mass is 10.1. The van der Waals surface area contributed by atoms with E-state index in [2.05, 4.69) is 19.1 Å². The summed E-state index contributed by atoms with van der Waals surface area (Å²) < 4.78 is 5.29. The van der Waals surface area contributed by atoms with Crippen LogP contribution in [-0.4, -0.2) is 17.4 Å². The van der Waals surface area contributed by atoms with Crippen molar-refractivity contribution in [3.8, 4) is 0 Å². The molecule has 1 amide bonds. The van der Waals surface area contributed by atoms with E-state index in [4.69, 9.17) is 4.42 Å². The molecule has 0 atom stereocenters. The van der Waals surface area contributed by atoms with E-state index in [1.54, 1.807) is 11.2 Å². The lowest BCUT2D eigenvalue weighted by molar-refractivity contribution is 0.0719. The molecule has 3 nitrogen and oxygen atoms in total. The number of nitrogens with zero attached hydrogens (tertiary/aromatic N) is 1. The van der Waals surface area contributed by atoms with Gasteiger partial charge in [-0.1, -0.05) is 24.3 Å². The molecular weight excluding hydrogens is 238 g/mol. The fraction of sp³-hybridized carbons (Fsp3) is 0.312. The molecule has 1 heterocycles. The van der Waals surface area contributed by atoms with E-state index in [1.807, 2.05) is 32.0 Å². The van der Waals surface area contributed by atoms with E-state index in [0.717, 1.165) is 5.56 Å². The minimum absolute atomic E-state index is 0.0479. The van der Waals surface area contributed by atoms with Crippen LogP contribution < -0.4 is 0 Å². The number of rotatable bonds is 4. The first-order chi connectivity index (χ1) is 9.13. The van der Waals surface area contributed by atoms with Crippen molar-refractivity contribution in [3.63, 3.8) is 0 Å². The normalized spacial score (nSPS) is 10.5. The van der Waals surface area contributed by atoms with E-state index < -0.39 is 0 Å². The van der Waals surface area contributed by atoms with E-state index >= 15 is 0 Å². The second-order valence-corrected chi connectivity index (χ2v) is 4.68. The summed E-state index contributed by atoms with van der Waals surface area (Å²) in [6, 6.07) is 9.94. The van der Waals surface area contributed by atoms with Crippen LogP contribution in [0.25, 0.3) is 0 Å². The number of hydrogen-bond donors (Lipinski definition) is 0. The van der Waals surface area contributed by atoms with E-state index in [9.17, 15) is 4.79 Å². The van der Waals surface area contributed by atoms with Crippen molar-refractivity contribution < 1.29 is 9.21 Å². The number of amides is 1. The Balaban J connectivity index is 2.20. The number of benzene rings is 1. The van der Waals surface area contributed by atoms with Crippen LogP contribution >= 0.6 is 0 Å². The molecule has 19 heavy (non-hydrogen) atoms. The van der Waals surface area contributed by atoms with E-state index in [-0.39, 0.29) is 5.91 Å². The van der Waals surface area contributed by atoms with Crippen molar-refractivity contribution in [1.29, 1.82) is 0 Å². The molecule has 0 bridgehead atoms. The van der Waals surface area contributed by atoms with Crippen molar-refractivity contribution in [3.05, 3.63) is 59.0 Å². The van der Waals surface area contributed by atoms with Gasteiger partial charge in [0.25, 0.3) is 5.91 Å². The highest BCUT2D eigenvalue weighted by Crippen LogP contribution is 2.16. The van der Waals surface area contributed by atoms with Gasteiger partial charge in [-0.25, -0.2) is 0 Å². The van der Waals surface area contributed by atoms with Crippen LogP contribution in [0.4, 0.5) is 0 Å². The zero-order chi connectivity index (χ0) is 13.8. The predicted molar refractivity (Wildman–Crippen MR) is 75.0 cm³/mol. The molecule has 1 aromatic carbocycles. The van der Waals surface area contributed by atoms with Gasteiger partial charge in [-0.05, 0) is 38.0 Å². The summed E-state index contributed by atoms with van der Waals surface area (Å²) in [7, 11) is 0. The fourth-order valence-electron chi connectivity index (χ4n) is 2.06. The Labute approximate surface area is 113 Å². The first-order valence-corrected chi connectivity index (χ1v) is 6.51. The molecule has 2 aromatic rings. The van der Waals surface area contributed by atoms with Gasteiger partial charge in [-0.15, -0.1) is 0 Å². The summed E-state index contributed by atoms with van der Waals surface area (Å²) in [6.45, 7) is 7.20. The van der Waals surface area contributed by atoms with Crippen molar-refractivity contribution in [2.75, 3.05) is 6.54 Å². The van der Waals surface area contributed by atoms with Crippen LogP contribution in [0, 0.1) is 13.8 Å². The van der Waals surface area contributed by atoms with Gasteiger partial charge in [0.15, 0.2) is 5.76 Å². The Morgan fingerprint density at radius 1 is 1.16 bits per heavy atom. The molecule has 0 aliphatic carbocycles. The molecule has 2 rings (SSSR count). The van der Waals surface area contributed by atoms with Gasteiger partial charge in [-0.2, -0.15) is 0 Å². The van der Waals surface area contributed by atoms with Crippen LogP contribution in [0.5, 0.6) is 0 Å². The zero-order valence-corrected chi connectivity index (χ0v) is 11.6. The summed E-state index contributed by atoms with van der Waals surface area (Å²) in [5.74, 6) is 0.392. The number of carbonyl (C=O) groups is 1. The average molecular weight is 257 g/mol. The van der Waals surface area contributed by atoms with Crippen molar-refractivity contribution in [1.82, 2.24) is 4.90 Å². The van der Waals surface area contributed by atoms with Gasteiger partial charge in [0, 0.05) is 18.7 Å². The maximum absolute atomic E-state index is 12.4. The highest BCUT2D eigenvalue weighted by molar-refractivity contribution is 5.92. The molecule has 100 valence electrons. The van der Waals surface area contributed by atoms with Crippen LogP contribution in [0.15, 0.2) is 41.0 Å². The first-order valence-electron chi connectivity index (χ1n) is 6.51. The zero-order valence-electron chi connectivity index (χ0n) is 11.6. The molecule has 1 aromatic heterocycles. The summed E-state index contributed by atoms with van der Waals surface area (Å²) in [6.07, 6.45) is 1.56. The second-order valence-electron chi connectivity index (χ2n) is 4.68. The fourth-order valence-corrected chi connectivity index (χ4v) is 2.06. The largest absolute Gasteiger partial charge is 0.459 e. The minimum Gasteiger partial charge on any atom is -0.459 e. The summed E-state index contributed by atoms with van der Waals surface area (Å²) in [4.78, 5) is 14.2. The Kier molecular flexibility index (Phi) is 4.05. The molecule has 0 aliphatic rings. The number of hydrogen-bond acceptors (Lipinski definition) is 2. The number of furan rings is 1. The van der Waals surface area contributed by atoms with E-state index in [1.165, 1.54) is 11.1 Å². The van der Waals surface area contributed by atoms with Crippen molar-refractivity contribution in [2.45, 2.75) is 27.3 Å². The lowest BCUT2D eigenvalue weighted by Gasteiger charge is -2.21. The molecule has 0 N–H and O–H groups in total. The highest BCUT2D eigenvalue weighted by atomic mass is 16.3. The van der Waals surface area contributed by atoms with Gasteiger partial charge < -0.3 is 9.32 Å². The average Bonchev–Trinajstić information content (AvgIpc) is 2.83. The van der Waals surface area contributed by atoms with Gasteiger partial charge in [0.05, 0.1) is 6.26 Å². The number of aryl methyl sites for hydroxylation is 2. The quantitative estimate of drug-likeness (QED) is 0.839. The summed E-state index contributed by atoms with van der Waals surface area (Å²) in [5, 5.41) is 0. The molecule has 0 saturated carbocycles. The molecule has 0 unspecified atom stereocenters. The van der Waals surface area contributed by atoms with Gasteiger partial charge in [0.1, 0.15) is 0 Å². The Hall–Kier alpha value is -2.03. The Morgan fingerprint density at radius 2 is 1.89 bits per heavy atom. The molecular formula is C16H19NO2. The summed E-state index contributed by atoms with van der Waals surface area (Å²) in [5.41, 5.74) is 3.25. The minimum atomic E-state index is -0.0479. The standard InChI is InChI=1S/C16H19NO2/c1-4-17(11-14-8-6-5-7-12(14)2)16(18)15-13(3)9-10-19-15/h5-10H,4,11H2,1-3H3. The van der Waals surface area contributed by atoms with E-state index in [0.29, 0.717) is 18.8 Å².